The van der Waals surface area contributed by atoms with Crippen molar-refractivity contribution < 1.29 is 4.39 Å². The van der Waals surface area contributed by atoms with Gasteiger partial charge in [-0.25, -0.2) is 9.07 Å². The number of para-hydroxylation sites is 1. The quantitative estimate of drug-likeness (QED) is 0.538. The topological polar surface area (TPSA) is 79.7 Å². The van der Waals surface area contributed by atoms with Gasteiger partial charge in [0.2, 0.25) is 0 Å². The van der Waals surface area contributed by atoms with E-state index in [4.69, 9.17) is 0 Å². The molecule has 1 N–H and O–H groups in total. The second-order valence-electron chi connectivity index (χ2n) is 8.06. The number of H-pyrrole nitrogens is 1. The van der Waals surface area contributed by atoms with E-state index >= 15 is 0 Å². The third-order valence-electron chi connectivity index (χ3n) is 5.97. The molecule has 2 aromatic carbocycles. The van der Waals surface area contributed by atoms with Crippen LogP contribution in [0.15, 0.2) is 53.3 Å². The molecule has 1 atom stereocenters. The lowest BCUT2D eigenvalue weighted by Crippen LogP contribution is -2.33. The Bertz CT molecular complexity index is 1270. The zero-order valence-electron chi connectivity index (χ0n) is 17.3. The lowest BCUT2D eigenvalue weighted by molar-refractivity contribution is 0.263. The van der Waals surface area contributed by atoms with Gasteiger partial charge < -0.3 is 4.98 Å². The fourth-order valence-corrected chi connectivity index (χ4v) is 4.39. The maximum atomic E-state index is 13.3. The van der Waals surface area contributed by atoms with E-state index in [-0.39, 0.29) is 17.4 Å². The first kappa shape index (κ1) is 19.6. The molecule has 1 fully saturated rings. The number of aromatic nitrogens is 5. The molecule has 3 heterocycles. The molecular weight excluding hydrogens is 395 g/mol. The number of hydrogen-bond acceptors (Lipinski definition) is 5. The van der Waals surface area contributed by atoms with Crippen molar-refractivity contribution in [3.8, 4) is 0 Å². The summed E-state index contributed by atoms with van der Waals surface area (Å²) in [4.78, 5) is 18.5. The van der Waals surface area contributed by atoms with Crippen LogP contribution < -0.4 is 5.56 Å². The van der Waals surface area contributed by atoms with Gasteiger partial charge in [0.15, 0.2) is 5.82 Å². The number of aryl methyl sites for hydroxylation is 1. The van der Waals surface area contributed by atoms with Crippen LogP contribution in [0.25, 0.3) is 10.9 Å². The Morgan fingerprint density at radius 3 is 2.68 bits per heavy atom. The third kappa shape index (κ3) is 3.74. The predicted octanol–water partition coefficient (Wildman–Crippen LogP) is 3.20. The number of benzene rings is 2. The highest BCUT2D eigenvalue weighted by atomic mass is 19.1. The van der Waals surface area contributed by atoms with Crippen LogP contribution in [-0.4, -0.2) is 43.2 Å². The molecule has 2 aromatic heterocycles. The lowest BCUT2D eigenvalue weighted by Gasteiger charge is -2.26. The van der Waals surface area contributed by atoms with Crippen LogP contribution in [0.4, 0.5) is 4.39 Å². The highest BCUT2D eigenvalue weighted by Crippen LogP contribution is 2.30. The summed E-state index contributed by atoms with van der Waals surface area (Å²) in [5.74, 6) is 0.331. The van der Waals surface area contributed by atoms with Crippen LogP contribution in [0, 0.1) is 12.7 Å². The number of fused-ring (bicyclic) bond motifs is 1. The van der Waals surface area contributed by atoms with Gasteiger partial charge in [0.1, 0.15) is 11.9 Å². The zero-order chi connectivity index (χ0) is 21.4. The van der Waals surface area contributed by atoms with Gasteiger partial charge in [-0.2, -0.15) is 0 Å². The lowest BCUT2D eigenvalue weighted by atomic mass is 10.0. The SMILES string of the molecule is Cc1cccc2cc([C@H](c3nnnn3Cc3ccc(F)cc3)N3CCCC3)c(=O)[nH]c12. The summed E-state index contributed by atoms with van der Waals surface area (Å²) in [6, 6.07) is 13.9. The normalized spacial score (nSPS) is 15.5. The van der Waals surface area contributed by atoms with Crippen LogP contribution in [0.5, 0.6) is 0 Å². The Morgan fingerprint density at radius 2 is 1.90 bits per heavy atom. The summed E-state index contributed by atoms with van der Waals surface area (Å²) >= 11 is 0. The van der Waals surface area contributed by atoms with E-state index in [1.54, 1.807) is 16.8 Å². The van der Waals surface area contributed by atoms with E-state index < -0.39 is 0 Å². The van der Waals surface area contributed by atoms with Crippen molar-refractivity contribution in [3.63, 3.8) is 0 Å². The summed E-state index contributed by atoms with van der Waals surface area (Å²) in [6.07, 6.45) is 2.14. The van der Waals surface area contributed by atoms with E-state index in [0.29, 0.717) is 17.9 Å². The molecular formula is C23H23FN6O. The standard InChI is InChI=1S/C23H23FN6O/c1-15-5-4-6-17-13-19(23(31)25-20(15)17)21(29-11-2-3-12-29)22-26-27-28-30(22)14-16-7-9-18(24)10-8-16/h4-10,13,21H,2-3,11-12,14H2,1H3,(H,25,31)/t21-/m1/s1. The molecule has 5 rings (SSSR count). The van der Waals surface area contributed by atoms with Crippen molar-refractivity contribution in [2.75, 3.05) is 13.1 Å². The highest BCUT2D eigenvalue weighted by Gasteiger charge is 2.32. The zero-order valence-corrected chi connectivity index (χ0v) is 17.3. The van der Waals surface area contributed by atoms with Crippen molar-refractivity contribution in [3.05, 3.63) is 87.2 Å². The molecule has 8 heteroatoms. The number of pyridine rings is 1. The number of tetrazole rings is 1. The second kappa shape index (κ2) is 8.03. The van der Waals surface area contributed by atoms with Gasteiger partial charge in [-0.15, -0.1) is 5.10 Å². The first-order valence-electron chi connectivity index (χ1n) is 10.5. The smallest absolute Gasteiger partial charge is 0.253 e. The molecule has 31 heavy (non-hydrogen) atoms. The van der Waals surface area contributed by atoms with Gasteiger partial charge in [0.25, 0.3) is 5.56 Å². The van der Waals surface area contributed by atoms with Crippen LogP contribution in [0.2, 0.25) is 0 Å². The minimum atomic E-state index is -0.355. The third-order valence-corrected chi connectivity index (χ3v) is 5.97. The van der Waals surface area contributed by atoms with Gasteiger partial charge in [-0.3, -0.25) is 9.69 Å². The van der Waals surface area contributed by atoms with Gasteiger partial charge >= 0.3 is 0 Å². The predicted molar refractivity (Wildman–Crippen MR) is 115 cm³/mol. The maximum absolute atomic E-state index is 13.3. The van der Waals surface area contributed by atoms with Crippen LogP contribution in [0.1, 0.15) is 41.4 Å². The summed E-state index contributed by atoms with van der Waals surface area (Å²) in [5.41, 5.74) is 3.27. The number of halogens is 1. The molecule has 7 nitrogen and oxygen atoms in total. The Labute approximate surface area is 178 Å². The molecule has 0 bridgehead atoms. The first-order chi connectivity index (χ1) is 15.1. The molecule has 0 amide bonds. The number of nitrogens with zero attached hydrogens (tertiary/aromatic N) is 5. The van der Waals surface area contributed by atoms with Gasteiger partial charge in [0, 0.05) is 5.56 Å². The first-order valence-corrected chi connectivity index (χ1v) is 10.5. The average molecular weight is 418 g/mol. The molecule has 158 valence electrons. The number of aromatic amines is 1. The fraction of sp³-hybridized carbons (Fsp3) is 0.304. The summed E-state index contributed by atoms with van der Waals surface area (Å²) in [5, 5.41) is 13.4. The van der Waals surface area contributed by atoms with Crippen molar-refractivity contribution in [1.29, 1.82) is 0 Å². The Kier molecular flexibility index (Phi) is 5.07. The molecule has 0 radical (unpaired) electrons. The van der Waals surface area contributed by atoms with Crippen molar-refractivity contribution in [1.82, 2.24) is 30.1 Å². The fourth-order valence-electron chi connectivity index (χ4n) is 4.39. The Balaban J connectivity index is 1.61. The Morgan fingerprint density at radius 1 is 1.13 bits per heavy atom. The van der Waals surface area contributed by atoms with E-state index in [1.165, 1.54) is 12.1 Å². The second-order valence-corrected chi connectivity index (χ2v) is 8.06. The average Bonchev–Trinajstić information content (AvgIpc) is 3.44. The molecule has 0 saturated carbocycles. The van der Waals surface area contributed by atoms with Gasteiger partial charge in [-0.1, -0.05) is 30.3 Å². The molecule has 0 unspecified atom stereocenters. The molecule has 0 spiro atoms. The molecule has 1 aliphatic rings. The molecule has 1 aliphatic heterocycles. The van der Waals surface area contributed by atoms with Gasteiger partial charge in [0.05, 0.1) is 12.1 Å². The number of rotatable bonds is 5. The Hall–Kier alpha value is -3.39. The van der Waals surface area contributed by atoms with E-state index in [0.717, 1.165) is 48.0 Å². The molecule has 4 aromatic rings. The number of hydrogen-bond donors (Lipinski definition) is 1. The number of nitrogens with one attached hydrogen (secondary N) is 1. The van der Waals surface area contributed by atoms with E-state index in [9.17, 15) is 9.18 Å². The summed E-state index contributed by atoms with van der Waals surface area (Å²) < 4.78 is 15.0. The van der Waals surface area contributed by atoms with Crippen LogP contribution in [0.3, 0.4) is 0 Å². The summed E-state index contributed by atoms with van der Waals surface area (Å²) in [6.45, 7) is 4.13. The van der Waals surface area contributed by atoms with Crippen molar-refractivity contribution in [2.45, 2.75) is 32.4 Å². The largest absolute Gasteiger partial charge is 0.321 e. The van der Waals surface area contributed by atoms with Crippen LogP contribution >= 0.6 is 0 Å². The van der Waals surface area contributed by atoms with Crippen molar-refractivity contribution >= 4 is 10.9 Å². The van der Waals surface area contributed by atoms with E-state index in [1.807, 2.05) is 31.2 Å². The minimum Gasteiger partial charge on any atom is -0.321 e. The summed E-state index contributed by atoms with van der Waals surface area (Å²) in [7, 11) is 0. The molecule has 0 aliphatic carbocycles. The number of likely N-dealkylation sites (tertiary alicyclic amines) is 1. The highest BCUT2D eigenvalue weighted by molar-refractivity contribution is 5.82. The minimum absolute atomic E-state index is 0.130. The van der Waals surface area contributed by atoms with Crippen LogP contribution in [-0.2, 0) is 6.54 Å². The van der Waals surface area contributed by atoms with Crippen molar-refractivity contribution in [2.24, 2.45) is 0 Å². The van der Waals surface area contributed by atoms with E-state index in [2.05, 4.69) is 25.4 Å². The van der Waals surface area contributed by atoms with Gasteiger partial charge in [-0.05, 0) is 78.0 Å². The molecule has 1 saturated heterocycles. The maximum Gasteiger partial charge on any atom is 0.253 e. The monoisotopic (exact) mass is 418 g/mol.